The first-order valence-electron chi connectivity index (χ1n) is 13.3. The minimum Gasteiger partial charge on any atom is -0.444 e. The van der Waals surface area contributed by atoms with Gasteiger partial charge in [0.05, 0.1) is 0 Å². The summed E-state index contributed by atoms with van der Waals surface area (Å²) in [5.74, 6) is 0.0754. The number of amides is 3. The van der Waals surface area contributed by atoms with E-state index in [1.165, 1.54) is 0 Å². The van der Waals surface area contributed by atoms with Gasteiger partial charge in [0.15, 0.2) is 0 Å². The number of benzene rings is 2. The number of alkyl carbamates (subject to hydrolysis) is 1. The molecular weight excluding hydrogens is 498 g/mol. The largest absolute Gasteiger partial charge is 0.444 e. The van der Waals surface area contributed by atoms with E-state index in [9.17, 15) is 14.4 Å². The van der Waals surface area contributed by atoms with Crippen LogP contribution in [-0.4, -0.2) is 53.0 Å². The van der Waals surface area contributed by atoms with E-state index in [4.69, 9.17) is 4.74 Å². The van der Waals surface area contributed by atoms with Gasteiger partial charge in [-0.05, 0) is 69.7 Å². The molecule has 0 heterocycles. The molecule has 0 spiro atoms. The minimum atomic E-state index is -0.864. The molecule has 0 aliphatic heterocycles. The third-order valence-electron chi connectivity index (χ3n) is 5.96. The van der Waals surface area contributed by atoms with E-state index in [0.29, 0.717) is 30.0 Å². The van der Waals surface area contributed by atoms with Crippen LogP contribution in [0.1, 0.15) is 70.5 Å². The summed E-state index contributed by atoms with van der Waals surface area (Å²) in [6, 6.07) is 15.2. The molecule has 2 rings (SSSR count). The van der Waals surface area contributed by atoms with Crippen LogP contribution in [0.2, 0.25) is 0 Å². The van der Waals surface area contributed by atoms with Crippen molar-refractivity contribution >= 4 is 35.4 Å². The van der Waals surface area contributed by atoms with Crippen molar-refractivity contribution in [2.24, 2.45) is 0 Å². The topological polar surface area (TPSA) is 87.7 Å². The van der Waals surface area contributed by atoms with Crippen LogP contribution in [-0.2, 0) is 14.3 Å². The molecule has 8 heteroatoms. The molecule has 2 atom stereocenters. The Morgan fingerprint density at radius 3 is 2.26 bits per heavy atom. The Hall–Kier alpha value is -3.00. The van der Waals surface area contributed by atoms with Crippen LogP contribution >= 0.6 is 11.8 Å². The van der Waals surface area contributed by atoms with Gasteiger partial charge in [-0.3, -0.25) is 9.59 Å². The molecule has 2 aromatic carbocycles. The molecule has 0 saturated heterocycles. The normalized spacial score (nSPS) is 12.8. The first kappa shape index (κ1) is 31.2. The van der Waals surface area contributed by atoms with Gasteiger partial charge in [-0.2, -0.15) is 11.8 Å². The van der Waals surface area contributed by atoms with Gasteiger partial charge in [-0.1, -0.05) is 68.3 Å². The third kappa shape index (κ3) is 10.0. The average Bonchev–Trinajstić information content (AvgIpc) is 2.86. The summed E-state index contributed by atoms with van der Waals surface area (Å²) in [7, 11) is 0. The Morgan fingerprint density at radius 1 is 1.00 bits per heavy atom. The second kappa shape index (κ2) is 15.4. The second-order valence-electron chi connectivity index (χ2n) is 10.3. The maximum Gasteiger partial charge on any atom is 0.408 e. The molecule has 3 amide bonds. The van der Waals surface area contributed by atoms with Gasteiger partial charge in [0.25, 0.3) is 5.91 Å². The van der Waals surface area contributed by atoms with E-state index in [-0.39, 0.29) is 11.8 Å². The van der Waals surface area contributed by atoms with Crippen LogP contribution in [0.15, 0.2) is 54.6 Å². The van der Waals surface area contributed by atoms with Crippen LogP contribution in [0.4, 0.5) is 10.5 Å². The van der Waals surface area contributed by atoms with Gasteiger partial charge < -0.3 is 20.3 Å². The zero-order valence-corrected chi connectivity index (χ0v) is 24.4. The third-order valence-corrected chi connectivity index (χ3v) is 6.61. The Bertz CT molecular complexity index is 1040. The highest BCUT2D eigenvalue weighted by atomic mass is 32.2. The summed E-state index contributed by atoms with van der Waals surface area (Å²) in [5.41, 5.74) is 1.65. The molecule has 7 nitrogen and oxygen atoms in total. The van der Waals surface area contributed by atoms with Gasteiger partial charge in [-0.25, -0.2) is 4.79 Å². The standard InChI is InChI=1S/C30H43N3O4S/c1-7-8-14-20-33(28(35)25(19-21-38-6)32-29(36)37-30(3,4)5)26(23-16-10-9-11-17-23)27(34)31-24-18-13-12-15-22(24)2/h9-13,15-18,25-26H,7-8,14,19-21H2,1-6H3,(H,31,34)(H,32,36). The van der Waals surface area contributed by atoms with Crippen molar-refractivity contribution in [1.29, 1.82) is 0 Å². The van der Waals surface area contributed by atoms with Crippen molar-refractivity contribution in [1.82, 2.24) is 10.2 Å². The van der Waals surface area contributed by atoms with Gasteiger partial charge >= 0.3 is 6.09 Å². The molecule has 2 unspecified atom stereocenters. The van der Waals surface area contributed by atoms with E-state index >= 15 is 0 Å². The van der Waals surface area contributed by atoms with Crippen molar-refractivity contribution in [3.8, 4) is 0 Å². The van der Waals surface area contributed by atoms with E-state index in [0.717, 1.165) is 24.8 Å². The second-order valence-corrected chi connectivity index (χ2v) is 11.3. The fourth-order valence-corrected chi connectivity index (χ4v) is 4.54. The maximum absolute atomic E-state index is 14.1. The van der Waals surface area contributed by atoms with Crippen LogP contribution in [0.3, 0.4) is 0 Å². The molecule has 2 N–H and O–H groups in total. The number of rotatable bonds is 13. The number of aryl methyl sites for hydroxylation is 1. The lowest BCUT2D eigenvalue weighted by molar-refractivity contribution is -0.141. The summed E-state index contributed by atoms with van der Waals surface area (Å²) < 4.78 is 5.45. The molecule has 2 aromatic rings. The number of unbranched alkanes of at least 4 members (excludes halogenated alkanes) is 2. The maximum atomic E-state index is 14.1. The molecular formula is C30H43N3O4S. The van der Waals surface area contributed by atoms with Gasteiger partial charge in [0.1, 0.15) is 17.7 Å². The number of nitrogens with one attached hydrogen (secondary N) is 2. The van der Waals surface area contributed by atoms with Gasteiger partial charge in [-0.15, -0.1) is 0 Å². The summed E-state index contributed by atoms with van der Waals surface area (Å²) in [6.07, 6.45) is 4.36. The van der Waals surface area contributed by atoms with E-state index < -0.39 is 23.8 Å². The van der Waals surface area contributed by atoms with Crippen LogP contribution in [0.5, 0.6) is 0 Å². The number of hydrogen-bond donors (Lipinski definition) is 2. The number of hydrogen-bond acceptors (Lipinski definition) is 5. The van der Waals surface area contributed by atoms with Crippen molar-refractivity contribution in [2.45, 2.75) is 78.0 Å². The number of carbonyl (C=O) groups excluding carboxylic acids is 3. The number of ether oxygens (including phenoxy) is 1. The SMILES string of the molecule is CCCCCN(C(=O)C(CCSC)NC(=O)OC(C)(C)C)C(C(=O)Nc1ccccc1C)c1ccccc1. The number of thioether (sulfide) groups is 1. The Morgan fingerprint density at radius 2 is 1.66 bits per heavy atom. The van der Waals surface area contributed by atoms with E-state index in [2.05, 4.69) is 17.6 Å². The lowest BCUT2D eigenvalue weighted by atomic mass is 10.0. The smallest absolute Gasteiger partial charge is 0.408 e. The number of anilines is 1. The molecule has 0 bridgehead atoms. The van der Waals surface area contributed by atoms with Crippen LogP contribution in [0.25, 0.3) is 0 Å². The molecule has 208 valence electrons. The van der Waals surface area contributed by atoms with E-state index in [1.807, 2.05) is 67.8 Å². The van der Waals surface area contributed by atoms with Crippen LogP contribution in [0, 0.1) is 6.92 Å². The summed E-state index contributed by atoms with van der Waals surface area (Å²) in [4.78, 5) is 42.3. The van der Waals surface area contributed by atoms with Gasteiger partial charge in [0.2, 0.25) is 5.91 Å². The molecule has 0 radical (unpaired) electrons. The molecule has 0 fully saturated rings. The summed E-state index contributed by atoms with van der Waals surface area (Å²) in [5, 5.41) is 5.83. The quantitative estimate of drug-likeness (QED) is 0.289. The van der Waals surface area contributed by atoms with Crippen molar-refractivity contribution in [3.05, 3.63) is 65.7 Å². The zero-order valence-electron chi connectivity index (χ0n) is 23.6. The minimum absolute atomic E-state index is 0.295. The van der Waals surface area contributed by atoms with E-state index in [1.54, 1.807) is 37.4 Å². The highest BCUT2D eigenvalue weighted by Crippen LogP contribution is 2.26. The highest BCUT2D eigenvalue weighted by molar-refractivity contribution is 7.98. The lowest BCUT2D eigenvalue weighted by Crippen LogP contribution is -2.52. The van der Waals surface area contributed by atoms with Crippen molar-refractivity contribution in [3.63, 3.8) is 0 Å². The summed E-state index contributed by atoms with van der Waals surface area (Å²) in [6.45, 7) is 9.76. The molecule has 38 heavy (non-hydrogen) atoms. The Labute approximate surface area is 232 Å². The monoisotopic (exact) mass is 541 g/mol. The molecule has 0 saturated carbocycles. The molecule has 0 aliphatic rings. The van der Waals surface area contributed by atoms with Crippen LogP contribution < -0.4 is 10.6 Å². The zero-order chi connectivity index (χ0) is 28.1. The number of carbonyl (C=O) groups is 3. The van der Waals surface area contributed by atoms with Crippen molar-refractivity contribution < 1.29 is 19.1 Å². The van der Waals surface area contributed by atoms with Crippen molar-refractivity contribution in [2.75, 3.05) is 23.9 Å². The predicted molar refractivity (Wildman–Crippen MR) is 156 cm³/mol. The highest BCUT2D eigenvalue weighted by Gasteiger charge is 2.36. The molecule has 0 aromatic heterocycles. The Balaban J connectivity index is 2.48. The molecule has 0 aliphatic carbocycles. The first-order chi connectivity index (χ1) is 18.1. The fraction of sp³-hybridized carbons (Fsp3) is 0.500. The van der Waals surface area contributed by atoms with Gasteiger partial charge in [0, 0.05) is 12.2 Å². The average molecular weight is 542 g/mol. The predicted octanol–water partition coefficient (Wildman–Crippen LogP) is 6.34. The fourth-order valence-electron chi connectivity index (χ4n) is 4.06. The number of para-hydroxylation sites is 1. The lowest BCUT2D eigenvalue weighted by Gasteiger charge is -2.34. The summed E-state index contributed by atoms with van der Waals surface area (Å²) >= 11 is 1.59. The Kier molecular flexibility index (Phi) is 12.7. The first-order valence-corrected chi connectivity index (χ1v) is 14.7. The number of nitrogens with zero attached hydrogens (tertiary/aromatic N) is 1.